The van der Waals surface area contributed by atoms with Crippen LogP contribution in [0.5, 0.6) is 0 Å². The van der Waals surface area contributed by atoms with Crippen LogP contribution < -0.4 is 5.32 Å². The van der Waals surface area contributed by atoms with Gasteiger partial charge in [-0.25, -0.2) is 10.0 Å². The SMILES string of the molecule is CCCC[C@H](CN(O)C=O)C(=O)N1C[C@H](O)C[C@H]1C(=O)Nc1cc(CC)ccn1.[HH]. The summed E-state index contributed by atoms with van der Waals surface area (Å²) in [6, 6.07) is 2.79. The molecule has 0 bridgehead atoms. The Balaban J connectivity index is 0.00000450. The number of nitrogens with one attached hydrogen (secondary N) is 1. The fraction of sp³-hybridized carbons (Fsp3) is 0.600. The molecular weight excluding hydrogens is 376 g/mol. The van der Waals surface area contributed by atoms with Crippen molar-refractivity contribution in [3.05, 3.63) is 23.9 Å². The second-order valence-corrected chi connectivity index (χ2v) is 7.35. The molecule has 3 amide bonds. The van der Waals surface area contributed by atoms with E-state index >= 15 is 0 Å². The largest absolute Gasteiger partial charge is 0.391 e. The van der Waals surface area contributed by atoms with Crippen molar-refractivity contribution in [2.45, 2.75) is 58.1 Å². The fourth-order valence-electron chi connectivity index (χ4n) is 3.52. The summed E-state index contributed by atoms with van der Waals surface area (Å²) < 4.78 is 0. The minimum Gasteiger partial charge on any atom is -0.391 e. The molecule has 1 aliphatic rings. The third-order valence-electron chi connectivity index (χ3n) is 5.13. The number of aryl methyl sites for hydroxylation is 1. The van der Waals surface area contributed by atoms with E-state index in [1.54, 1.807) is 12.3 Å². The number of aliphatic hydroxyl groups excluding tert-OH is 1. The third-order valence-corrected chi connectivity index (χ3v) is 5.13. The molecule has 2 heterocycles. The molecule has 1 aromatic rings. The zero-order chi connectivity index (χ0) is 21.4. The topological polar surface area (TPSA) is 123 Å². The summed E-state index contributed by atoms with van der Waals surface area (Å²) >= 11 is 0. The van der Waals surface area contributed by atoms with Crippen LogP contribution >= 0.6 is 0 Å². The van der Waals surface area contributed by atoms with Crippen LogP contribution in [0.3, 0.4) is 0 Å². The summed E-state index contributed by atoms with van der Waals surface area (Å²) in [6.45, 7) is 3.86. The second-order valence-electron chi connectivity index (χ2n) is 7.35. The molecule has 2 rings (SSSR count). The van der Waals surface area contributed by atoms with E-state index in [1.807, 2.05) is 19.9 Å². The molecule has 0 radical (unpaired) electrons. The van der Waals surface area contributed by atoms with Gasteiger partial charge in [0.2, 0.25) is 18.2 Å². The summed E-state index contributed by atoms with van der Waals surface area (Å²) in [7, 11) is 0. The van der Waals surface area contributed by atoms with Crippen LogP contribution in [-0.2, 0) is 20.8 Å². The first-order valence-corrected chi connectivity index (χ1v) is 10.0. The number of unbranched alkanes of at least 4 members (excludes halogenated alkanes) is 1. The number of aromatic nitrogens is 1. The Bertz CT molecular complexity index is 720. The van der Waals surface area contributed by atoms with Crippen molar-refractivity contribution < 1.29 is 26.1 Å². The highest BCUT2D eigenvalue weighted by atomic mass is 16.5. The highest BCUT2D eigenvalue weighted by Crippen LogP contribution is 2.24. The number of anilines is 1. The van der Waals surface area contributed by atoms with Gasteiger partial charge in [-0.1, -0.05) is 26.7 Å². The Morgan fingerprint density at radius 3 is 2.90 bits per heavy atom. The lowest BCUT2D eigenvalue weighted by Crippen LogP contribution is -2.47. The number of hydroxylamine groups is 2. The molecule has 1 fully saturated rings. The van der Waals surface area contributed by atoms with E-state index in [-0.39, 0.29) is 33.3 Å². The Labute approximate surface area is 172 Å². The molecule has 0 saturated carbocycles. The van der Waals surface area contributed by atoms with Gasteiger partial charge in [0.25, 0.3) is 0 Å². The molecule has 3 N–H and O–H groups in total. The molecule has 1 saturated heterocycles. The lowest BCUT2D eigenvalue weighted by atomic mass is 9.99. The number of aliphatic hydroxyl groups is 1. The fourth-order valence-corrected chi connectivity index (χ4v) is 3.52. The Hall–Kier alpha value is -2.52. The molecule has 162 valence electrons. The molecule has 9 nitrogen and oxygen atoms in total. The molecule has 0 aliphatic carbocycles. The number of carbonyl (C=O) groups excluding carboxylic acids is 3. The Morgan fingerprint density at radius 2 is 2.24 bits per heavy atom. The van der Waals surface area contributed by atoms with Crippen molar-refractivity contribution in [1.82, 2.24) is 14.9 Å². The van der Waals surface area contributed by atoms with E-state index in [1.165, 1.54) is 4.90 Å². The van der Waals surface area contributed by atoms with Crippen LogP contribution in [0.25, 0.3) is 0 Å². The van der Waals surface area contributed by atoms with Gasteiger partial charge in [0.05, 0.1) is 18.6 Å². The van der Waals surface area contributed by atoms with Crippen LogP contribution in [0.15, 0.2) is 18.3 Å². The number of β-amino-alcohol motifs (C(OH)–C–C–N with tert-alkyl or cyclic N) is 1. The summed E-state index contributed by atoms with van der Waals surface area (Å²) in [4.78, 5) is 42.2. The van der Waals surface area contributed by atoms with Crippen molar-refractivity contribution in [3.63, 3.8) is 0 Å². The van der Waals surface area contributed by atoms with Gasteiger partial charge in [-0.3, -0.25) is 19.6 Å². The van der Waals surface area contributed by atoms with E-state index in [2.05, 4.69) is 10.3 Å². The van der Waals surface area contributed by atoms with Gasteiger partial charge in [-0.2, -0.15) is 0 Å². The van der Waals surface area contributed by atoms with Crippen LogP contribution in [0.2, 0.25) is 0 Å². The number of hydrogen-bond donors (Lipinski definition) is 3. The molecule has 3 atom stereocenters. The number of carbonyl (C=O) groups is 3. The van der Waals surface area contributed by atoms with E-state index < -0.39 is 24.0 Å². The predicted molar refractivity (Wildman–Crippen MR) is 108 cm³/mol. The van der Waals surface area contributed by atoms with Gasteiger partial charge in [0, 0.05) is 20.6 Å². The number of nitrogens with zero attached hydrogens (tertiary/aromatic N) is 3. The second kappa shape index (κ2) is 10.9. The number of amides is 3. The number of hydrogen-bond acceptors (Lipinski definition) is 6. The summed E-state index contributed by atoms with van der Waals surface area (Å²) in [6.07, 6.45) is 4.03. The maximum Gasteiger partial charge on any atom is 0.248 e. The van der Waals surface area contributed by atoms with Crippen molar-refractivity contribution >= 4 is 24.0 Å². The standard InChI is InChI=1S/C20H30N4O5.H2/c1-3-5-6-15(11-23(29)13-25)20(28)24-12-16(26)10-17(24)19(27)22-18-9-14(4-2)7-8-21-18;/h7-9,13,15-17,26,29H,3-6,10-12H2,1-2H3,(H,21,22,27);1H/t15-,16-,17+;/m1./s1. The summed E-state index contributed by atoms with van der Waals surface area (Å²) in [5, 5.41) is 22.8. The lowest BCUT2D eigenvalue weighted by molar-refractivity contribution is -0.157. The zero-order valence-corrected chi connectivity index (χ0v) is 17.0. The van der Waals surface area contributed by atoms with Crippen LogP contribution in [0.1, 0.15) is 46.5 Å². The van der Waals surface area contributed by atoms with E-state index in [0.29, 0.717) is 17.3 Å². The van der Waals surface area contributed by atoms with Crippen molar-refractivity contribution in [1.29, 1.82) is 0 Å². The van der Waals surface area contributed by atoms with Gasteiger partial charge in [-0.05, 0) is 30.5 Å². The summed E-state index contributed by atoms with van der Waals surface area (Å²) in [5.74, 6) is -1.02. The first kappa shape index (κ1) is 22.8. The normalized spacial score (nSPS) is 19.7. The average molecular weight is 408 g/mol. The van der Waals surface area contributed by atoms with E-state index in [0.717, 1.165) is 24.8 Å². The molecule has 0 unspecified atom stereocenters. The zero-order valence-electron chi connectivity index (χ0n) is 17.0. The van der Waals surface area contributed by atoms with Crippen molar-refractivity contribution in [2.75, 3.05) is 18.4 Å². The maximum atomic E-state index is 13.1. The minimum absolute atomic E-state index is 0. The third kappa shape index (κ3) is 6.23. The number of pyridine rings is 1. The smallest absolute Gasteiger partial charge is 0.248 e. The quantitative estimate of drug-likeness (QED) is 0.306. The first-order chi connectivity index (χ1) is 13.9. The highest BCUT2D eigenvalue weighted by Gasteiger charge is 2.41. The summed E-state index contributed by atoms with van der Waals surface area (Å²) in [5.41, 5.74) is 1.02. The van der Waals surface area contributed by atoms with Crippen LogP contribution in [0, 0.1) is 5.92 Å². The molecular formula is C20H32N4O5. The molecule has 1 aromatic heterocycles. The van der Waals surface area contributed by atoms with Crippen molar-refractivity contribution in [3.8, 4) is 0 Å². The number of likely N-dealkylation sites (tertiary alicyclic amines) is 1. The first-order valence-electron chi connectivity index (χ1n) is 10.0. The highest BCUT2D eigenvalue weighted by molar-refractivity contribution is 5.97. The van der Waals surface area contributed by atoms with Gasteiger partial charge >= 0.3 is 0 Å². The van der Waals surface area contributed by atoms with Gasteiger partial charge in [-0.15, -0.1) is 0 Å². The molecule has 29 heavy (non-hydrogen) atoms. The Kier molecular flexibility index (Phi) is 8.53. The molecule has 9 heteroatoms. The van der Waals surface area contributed by atoms with E-state index in [9.17, 15) is 24.7 Å². The monoisotopic (exact) mass is 408 g/mol. The maximum absolute atomic E-state index is 13.1. The number of rotatable bonds is 10. The Morgan fingerprint density at radius 1 is 1.48 bits per heavy atom. The molecule has 0 aromatic carbocycles. The average Bonchev–Trinajstić information content (AvgIpc) is 3.12. The lowest BCUT2D eigenvalue weighted by Gasteiger charge is -2.29. The molecule has 1 aliphatic heterocycles. The predicted octanol–water partition coefficient (Wildman–Crippen LogP) is 1.44. The van der Waals surface area contributed by atoms with Crippen LogP contribution in [0.4, 0.5) is 5.82 Å². The minimum atomic E-state index is -0.836. The van der Waals surface area contributed by atoms with Gasteiger partial charge in [0.1, 0.15) is 11.9 Å². The molecule has 0 spiro atoms. The van der Waals surface area contributed by atoms with Crippen molar-refractivity contribution in [2.24, 2.45) is 5.92 Å². The van der Waals surface area contributed by atoms with Gasteiger partial charge < -0.3 is 15.3 Å². The van der Waals surface area contributed by atoms with E-state index in [4.69, 9.17) is 0 Å². The van der Waals surface area contributed by atoms with Crippen LogP contribution in [-0.4, -0.2) is 68.7 Å². The van der Waals surface area contributed by atoms with Gasteiger partial charge in [0.15, 0.2) is 0 Å².